The number of benzene rings is 2. The van der Waals surface area contributed by atoms with Crippen molar-refractivity contribution in [2.24, 2.45) is 0 Å². The topological polar surface area (TPSA) is 108 Å². The predicted octanol–water partition coefficient (Wildman–Crippen LogP) is 2.11. The van der Waals surface area contributed by atoms with Crippen LogP contribution in [0.4, 0.5) is 0 Å². The van der Waals surface area contributed by atoms with Gasteiger partial charge < -0.3 is 25.4 Å². The SMILES string of the molecule is COCC(=O)N1CCCNC(=O)c2cccc(c2)-c2cc(ccc2O)CCNC(=O)CCC1. The van der Waals surface area contributed by atoms with E-state index in [1.807, 2.05) is 18.2 Å². The van der Waals surface area contributed by atoms with Crippen molar-refractivity contribution >= 4 is 17.7 Å². The highest BCUT2D eigenvalue weighted by molar-refractivity contribution is 5.95. The third-order valence-electron chi connectivity index (χ3n) is 5.58. The lowest BCUT2D eigenvalue weighted by Gasteiger charge is -2.22. The van der Waals surface area contributed by atoms with E-state index >= 15 is 0 Å². The molecular weight excluding hydrogens is 422 g/mol. The Labute approximate surface area is 193 Å². The molecule has 0 spiro atoms. The van der Waals surface area contributed by atoms with E-state index in [9.17, 15) is 19.5 Å². The molecule has 0 atom stereocenters. The molecule has 3 N–H and O–H groups in total. The van der Waals surface area contributed by atoms with Gasteiger partial charge in [-0.1, -0.05) is 18.2 Å². The second-order valence-corrected chi connectivity index (χ2v) is 8.06. The first-order valence-corrected chi connectivity index (χ1v) is 11.2. The van der Waals surface area contributed by atoms with E-state index < -0.39 is 0 Å². The summed E-state index contributed by atoms with van der Waals surface area (Å²) in [6.07, 6.45) is 2.05. The molecule has 2 aromatic rings. The minimum atomic E-state index is -0.213. The Balaban J connectivity index is 1.80. The van der Waals surface area contributed by atoms with Crippen LogP contribution in [0.2, 0.25) is 0 Å². The van der Waals surface area contributed by atoms with Crippen LogP contribution in [0.5, 0.6) is 5.75 Å². The Morgan fingerprint density at radius 2 is 1.79 bits per heavy atom. The molecule has 3 amide bonds. The van der Waals surface area contributed by atoms with Crippen molar-refractivity contribution < 1.29 is 24.2 Å². The van der Waals surface area contributed by atoms with Gasteiger partial charge in [0.2, 0.25) is 11.8 Å². The molecule has 1 aliphatic heterocycles. The fraction of sp³-hybridized carbons (Fsp3) is 0.400. The van der Waals surface area contributed by atoms with E-state index in [4.69, 9.17) is 4.74 Å². The van der Waals surface area contributed by atoms with Crippen molar-refractivity contribution in [3.05, 3.63) is 53.6 Å². The molecule has 3 rings (SSSR count). The molecule has 0 unspecified atom stereocenters. The highest BCUT2D eigenvalue weighted by atomic mass is 16.5. The van der Waals surface area contributed by atoms with Crippen molar-refractivity contribution in [1.82, 2.24) is 15.5 Å². The van der Waals surface area contributed by atoms with Gasteiger partial charge in [-0.3, -0.25) is 14.4 Å². The number of fused-ring (bicyclic) bond motifs is 5. The number of phenolic OH excluding ortho intramolecular Hbond substituents is 1. The van der Waals surface area contributed by atoms with Gasteiger partial charge in [-0.2, -0.15) is 0 Å². The predicted molar refractivity (Wildman–Crippen MR) is 125 cm³/mol. The normalized spacial score (nSPS) is 16.1. The van der Waals surface area contributed by atoms with Gasteiger partial charge in [0.1, 0.15) is 12.4 Å². The molecule has 0 aromatic heterocycles. The minimum absolute atomic E-state index is 0.0172. The van der Waals surface area contributed by atoms with Crippen LogP contribution in [0, 0.1) is 0 Å². The average molecular weight is 454 g/mol. The van der Waals surface area contributed by atoms with Gasteiger partial charge in [-0.25, -0.2) is 0 Å². The lowest BCUT2D eigenvalue weighted by molar-refractivity contribution is -0.135. The quantitative estimate of drug-likeness (QED) is 0.646. The van der Waals surface area contributed by atoms with E-state index in [0.29, 0.717) is 63.0 Å². The van der Waals surface area contributed by atoms with Crippen molar-refractivity contribution in [2.45, 2.75) is 25.7 Å². The van der Waals surface area contributed by atoms with Crippen LogP contribution >= 0.6 is 0 Å². The first-order chi connectivity index (χ1) is 16.0. The van der Waals surface area contributed by atoms with Crippen LogP contribution in [-0.4, -0.2) is 67.6 Å². The maximum absolute atomic E-state index is 12.7. The van der Waals surface area contributed by atoms with Crippen LogP contribution in [0.3, 0.4) is 0 Å². The fourth-order valence-electron chi connectivity index (χ4n) is 3.81. The van der Waals surface area contributed by atoms with Crippen LogP contribution < -0.4 is 10.6 Å². The van der Waals surface area contributed by atoms with Gasteiger partial charge in [0, 0.05) is 50.8 Å². The lowest BCUT2D eigenvalue weighted by atomic mass is 9.98. The van der Waals surface area contributed by atoms with Crippen LogP contribution in [0.1, 0.15) is 35.2 Å². The summed E-state index contributed by atoms with van der Waals surface area (Å²) in [5, 5.41) is 16.2. The van der Waals surface area contributed by atoms with Gasteiger partial charge in [-0.05, 0) is 54.7 Å². The molecule has 33 heavy (non-hydrogen) atoms. The van der Waals surface area contributed by atoms with Gasteiger partial charge in [0.05, 0.1) is 0 Å². The van der Waals surface area contributed by atoms with Crippen LogP contribution in [0.25, 0.3) is 11.1 Å². The molecule has 0 radical (unpaired) electrons. The second kappa shape index (κ2) is 12.0. The smallest absolute Gasteiger partial charge is 0.251 e. The molecule has 0 saturated carbocycles. The van der Waals surface area contributed by atoms with Gasteiger partial charge >= 0.3 is 0 Å². The molecule has 2 aromatic carbocycles. The Morgan fingerprint density at radius 3 is 2.61 bits per heavy atom. The molecule has 1 aliphatic rings. The highest BCUT2D eigenvalue weighted by Gasteiger charge is 2.15. The van der Waals surface area contributed by atoms with E-state index in [1.54, 1.807) is 29.2 Å². The third-order valence-corrected chi connectivity index (χ3v) is 5.58. The highest BCUT2D eigenvalue weighted by Crippen LogP contribution is 2.30. The molecule has 0 fully saturated rings. The summed E-state index contributed by atoms with van der Waals surface area (Å²) in [7, 11) is 1.47. The largest absolute Gasteiger partial charge is 0.507 e. The minimum Gasteiger partial charge on any atom is -0.507 e. The van der Waals surface area contributed by atoms with E-state index in [2.05, 4.69) is 10.6 Å². The number of amides is 3. The first-order valence-electron chi connectivity index (χ1n) is 11.2. The van der Waals surface area contributed by atoms with E-state index in [0.717, 1.165) is 11.1 Å². The molecule has 0 saturated heterocycles. The zero-order valence-corrected chi connectivity index (χ0v) is 18.9. The van der Waals surface area contributed by atoms with Gasteiger partial charge in [-0.15, -0.1) is 0 Å². The molecule has 8 nitrogen and oxygen atoms in total. The Hall–Kier alpha value is -3.39. The summed E-state index contributed by atoms with van der Waals surface area (Å²) in [5.74, 6) is -0.282. The number of carbonyl (C=O) groups excluding carboxylic acids is 3. The molecular formula is C25H31N3O5. The summed E-state index contributed by atoms with van der Waals surface area (Å²) in [5.41, 5.74) is 2.83. The summed E-state index contributed by atoms with van der Waals surface area (Å²) in [4.78, 5) is 38.9. The standard InChI is InChI=1S/C25H31N3O5/c1-33-17-24(31)28-13-3-7-23(30)26-12-10-18-8-9-22(29)21(15-18)19-5-2-6-20(16-19)25(32)27-11-4-14-28/h2,5-6,8-9,15-16,29H,3-4,7,10-14,17H2,1H3,(H,26,30)(H,27,32). The Morgan fingerprint density at radius 1 is 1.00 bits per heavy atom. The Bertz CT molecular complexity index is 992. The maximum Gasteiger partial charge on any atom is 0.251 e. The van der Waals surface area contributed by atoms with Gasteiger partial charge in [0.25, 0.3) is 5.91 Å². The zero-order valence-electron chi connectivity index (χ0n) is 18.9. The van der Waals surface area contributed by atoms with Crippen molar-refractivity contribution in [2.75, 3.05) is 39.9 Å². The number of nitrogens with one attached hydrogen (secondary N) is 2. The average Bonchev–Trinajstić information content (AvgIpc) is 2.81. The van der Waals surface area contributed by atoms with Gasteiger partial charge in [0.15, 0.2) is 0 Å². The van der Waals surface area contributed by atoms with Crippen molar-refractivity contribution in [3.8, 4) is 16.9 Å². The number of rotatable bonds is 2. The number of carbonyl (C=O) groups is 3. The lowest BCUT2D eigenvalue weighted by Crippen LogP contribution is -2.37. The van der Waals surface area contributed by atoms with Crippen molar-refractivity contribution in [3.63, 3.8) is 0 Å². The maximum atomic E-state index is 12.7. The second-order valence-electron chi connectivity index (χ2n) is 8.06. The first kappa shape index (κ1) is 24.3. The third kappa shape index (κ3) is 7.05. The zero-order chi connectivity index (χ0) is 23.6. The summed E-state index contributed by atoms with van der Waals surface area (Å²) >= 11 is 0. The Kier molecular flexibility index (Phi) is 8.83. The molecule has 1 heterocycles. The summed E-state index contributed by atoms with van der Waals surface area (Å²) < 4.78 is 4.97. The monoisotopic (exact) mass is 453 g/mol. The number of phenols is 1. The van der Waals surface area contributed by atoms with Crippen LogP contribution in [-0.2, 0) is 20.7 Å². The van der Waals surface area contributed by atoms with E-state index in [1.165, 1.54) is 7.11 Å². The number of ether oxygens (including phenoxy) is 1. The fourth-order valence-corrected chi connectivity index (χ4v) is 3.81. The molecule has 8 heteroatoms. The van der Waals surface area contributed by atoms with E-state index in [-0.39, 0.29) is 30.1 Å². The van der Waals surface area contributed by atoms with Crippen LogP contribution in [0.15, 0.2) is 42.5 Å². The molecule has 4 bridgehead atoms. The number of nitrogens with zero attached hydrogens (tertiary/aromatic N) is 1. The summed E-state index contributed by atoms with van der Waals surface area (Å²) in [6, 6.07) is 12.4. The van der Waals surface area contributed by atoms with Crippen molar-refractivity contribution in [1.29, 1.82) is 0 Å². The molecule has 0 aliphatic carbocycles. The summed E-state index contributed by atoms with van der Waals surface area (Å²) in [6.45, 7) is 1.77. The number of aromatic hydroxyl groups is 1. The number of methoxy groups -OCH3 is 1. The number of hydrogen-bond donors (Lipinski definition) is 3. The number of hydrogen-bond acceptors (Lipinski definition) is 5. The molecule has 176 valence electrons.